The molecule has 0 N–H and O–H groups in total. The third-order valence-corrected chi connectivity index (χ3v) is 7.45. The lowest BCUT2D eigenvalue weighted by molar-refractivity contribution is -0.157. The van der Waals surface area contributed by atoms with Gasteiger partial charge in [-0.3, -0.25) is 4.79 Å². The number of hydrazine groups is 1. The normalized spacial score (nSPS) is 25.0. The maximum absolute atomic E-state index is 13.7. The Morgan fingerprint density at radius 2 is 1.84 bits per heavy atom. The Hall–Kier alpha value is -1.88. The second kappa shape index (κ2) is 9.54. The third-order valence-electron chi connectivity index (χ3n) is 6.43. The second-order valence-corrected chi connectivity index (χ2v) is 11.5. The van der Waals surface area contributed by atoms with Gasteiger partial charge in [0.1, 0.15) is 4.88 Å². The molecule has 1 saturated heterocycles. The highest BCUT2D eigenvalue weighted by molar-refractivity contribution is 7.15. The molecule has 32 heavy (non-hydrogen) atoms. The van der Waals surface area contributed by atoms with Crippen molar-refractivity contribution in [1.82, 2.24) is 5.17 Å². The first-order chi connectivity index (χ1) is 15.2. The van der Waals surface area contributed by atoms with E-state index in [4.69, 9.17) is 9.57 Å². The Bertz CT molecular complexity index is 909. The van der Waals surface area contributed by atoms with Gasteiger partial charge in [-0.1, -0.05) is 18.8 Å². The molecule has 0 radical (unpaired) electrons. The van der Waals surface area contributed by atoms with E-state index in [9.17, 15) is 9.59 Å². The number of amides is 1. The Labute approximate surface area is 195 Å². The molecule has 2 fully saturated rings. The number of hydrogen-bond acceptors (Lipinski definition) is 6. The number of hydroxylamine groups is 1. The van der Waals surface area contributed by atoms with Crippen LogP contribution in [0.5, 0.6) is 0 Å². The van der Waals surface area contributed by atoms with Crippen LogP contribution in [0.4, 0.5) is 5.69 Å². The van der Waals surface area contributed by atoms with Crippen LogP contribution in [-0.2, 0) is 14.4 Å². The van der Waals surface area contributed by atoms with Gasteiger partial charge in [-0.2, -0.15) is 0 Å². The summed E-state index contributed by atoms with van der Waals surface area (Å²) in [6, 6.07) is 1.89. The van der Waals surface area contributed by atoms with Crippen LogP contribution < -0.4 is 5.01 Å². The van der Waals surface area contributed by atoms with Gasteiger partial charge >= 0.3 is 5.97 Å². The topological polar surface area (TPSA) is 59.1 Å². The first kappa shape index (κ1) is 23.3. The Morgan fingerprint density at radius 1 is 1.16 bits per heavy atom. The number of nitrogens with zero attached hydrogens (tertiary/aromatic N) is 2. The van der Waals surface area contributed by atoms with Gasteiger partial charge in [0.15, 0.2) is 0 Å². The fourth-order valence-corrected chi connectivity index (χ4v) is 5.33. The molecule has 0 spiro atoms. The second-order valence-electron chi connectivity index (χ2n) is 10.4. The van der Waals surface area contributed by atoms with E-state index in [1.807, 2.05) is 6.07 Å². The van der Waals surface area contributed by atoms with Crippen LogP contribution >= 0.6 is 11.3 Å². The summed E-state index contributed by atoms with van der Waals surface area (Å²) in [7, 11) is 0. The van der Waals surface area contributed by atoms with Crippen LogP contribution in [-0.4, -0.2) is 36.8 Å². The summed E-state index contributed by atoms with van der Waals surface area (Å²) in [5.74, 6) is 6.99. The lowest BCUT2D eigenvalue weighted by atomic mass is 9.82. The minimum Gasteiger partial charge on any atom is -0.381 e. The van der Waals surface area contributed by atoms with Crippen molar-refractivity contribution in [3.05, 3.63) is 15.8 Å². The van der Waals surface area contributed by atoms with Gasteiger partial charge in [0.05, 0.1) is 17.1 Å². The maximum atomic E-state index is 13.7. The van der Waals surface area contributed by atoms with Crippen molar-refractivity contribution in [2.24, 2.45) is 23.2 Å². The summed E-state index contributed by atoms with van der Waals surface area (Å²) < 4.78 is 5.48. The van der Waals surface area contributed by atoms with Gasteiger partial charge in [0.25, 0.3) is 0 Å². The van der Waals surface area contributed by atoms with Gasteiger partial charge < -0.3 is 9.57 Å². The number of hydrogen-bond donors (Lipinski definition) is 0. The average Bonchev–Trinajstić information content (AvgIpc) is 3.18. The molecule has 174 valence electrons. The number of thiophene rings is 1. The molecule has 3 aliphatic rings. The first-order valence-electron chi connectivity index (χ1n) is 11.8. The molecule has 4 rings (SSSR count). The van der Waals surface area contributed by atoms with Crippen molar-refractivity contribution < 1.29 is 19.2 Å². The molecule has 3 heterocycles. The van der Waals surface area contributed by atoms with Crippen LogP contribution in [0, 0.1) is 35.0 Å². The SMILES string of the molecule is CC1CCC(C(=O)N2c3cc(C#CC(C)(C)C)sc3C(=O)ON2CC2CCOCC2)CC1. The van der Waals surface area contributed by atoms with E-state index >= 15 is 0 Å². The number of anilines is 1. The molecule has 1 amide bonds. The molecule has 1 aliphatic carbocycles. The summed E-state index contributed by atoms with van der Waals surface area (Å²) in [5, 5.41) is 3.17. The summed E-state index contributed by atoms with van der Waals surface area (Å²) in [5.41, 5.74) is 0.481. The summed E-state index contributed by atoms with van der Waals surface area (Å²) >= 11 is 1.31. The zero-order valence-corrected chi connectivity index (χ0v) is 20.4. The Balaban J connectivity index is 1.65. The fourth-order valence-electron chi connectivity index (χ4n) is 4.47. The maximum Gasteiger partial charge on any atom is 0.371 e. The molecule has 6 nitrogen and oxygen atoms in total. The average molecular weight is 459 g/mol. The van der Waals surface area contributed by atoms with Crippen molar-refractivity contribution in [2.75, 3.05) is 24.8 Å². The molecule has 1 saturated carbocycles. The third kappa shape index (κ3) is 5.36. The van der Waals surface area contributed by atoms with Crippen LogP contribution in [0.2, 0.25) is 0 Å². The van der Waals surface area contributed by atoms with Crippen LogP contribution in [0.1, 0.15) is 80.8 Å². The molecular weight excluding hydrogens is 424 g/mol. The van der Waals surface area contributed by atoms with Crippen LogP contribution in [0.3, 0.4) is 0 Å². The van der Waals surface area contributed by atoms with Crippen molar-refractivity contribution in [3.63, 3.8) is 0 Å². The standard InChI is InChI=1S/C25H34N2O4S/c1-17-5-7-19(8-6-17)23(28)27-21-15-20(9-12-25(2,3)4)32-22(21)24(29)31-26(27)16-18-10-13-30-14-11-18/h15,17-19H,5-8,10-11,13-14,16H2,1-4H3. The Kier molecular flexibility index (Phi) is 6.94. The van der Waals surface area contributed by atoms with Gasteiger partial charge in [0, 0.05) is 24.5 Å². The van der Waals surface area contributed by atoms with E-state index in [1.54, 1.807) is 5.01 Å². The highest BCUT2D eigenvalue weighted by Crippen LogP contribution is 2.39. The van der Waals surface area contributed by atoms with Gasteiger partial charge in [0.2, 0.25) is 5.91 Å². The lowest BCUT2D eigenvalue weighted by Gasteiger charge is -2.40. The van der Waals surface area contributed by atoms with Crippen molar-refractivity contribution >= 4 is 28.9 Å². The predicted molar refractivity (Wildman–Crippen MR) is 125 cm³/mol. The number of carbonyl (C=O) groups excluding carboxylic acids is 2. The van der Waals surface area contributed by atoms with Crippen molar-refractivity contribution in [3.8, 4) is 11.8 Å². The highest BCUT2D eigenvalue weighted by atomic mass is 32.1. The van der Waals surface area contributed by atoms with E-state index in [-0.39, 0.29) is 17.2 Å². The van der Waals surface area contributed by atoms with Crippen molar-refractivity contribution in [2.45, 2.75) is 66.2 Å². The summed E-state index contributed by atoms with van der Waals surface area (Å²) in [6.45, 7) is 10.3. The Morgan fingerprint density at radius 3 is 2.50 bits per heavy atom. The number of rotatable bonds is 3. The summed E-state index contributed by atoms with van der Waals surface area (Å²) in [6.07, 6.45) is 5.68. The first-order valence-corrected chi connectivity index (χ1v) is 12.6. The zero-order chi connectivity index (χ0) is 22.9. The van der Waals surface area contributed by atoms with Crippen LogP contribution in [0.15, 0.2) is 6.07 Å². The molecule has 2 aliphatic heterocycles. The van der Waals surface area contributed by atoms with E-state index in [0.717, 1.165) is 43.4 Å². The fraction of sp³-hybridized carbons (Fsp3) is 0.680. The monoisotopic (exact) mass is 458 g/mol. The van der Waals surface area contributed by atoms with E-state index in [1.165, 1.54) is 16.5 Å². The summed E-state index contributed by atoms with van der Waals surface area (Å²) in [4.78, 5) is 33.6. The zero-order valence-electron chi connectivity index (χ0n) is 19.6. The molecule has 1 aromatic rings. The lowest BCUT2D eigenvalue weighted by Crippen LogP contribution is -2.54. The molecule has 0 bridgehead atoms. The van der Waals surface area contributed by atoms with Gasteiger partial charge in [-0.05, 0) is 82.4 Å². The smallest absolute Gasteiger partial charge is 0.371 e. The van der Waals surface area contributed by atoms with E-state index in [2.05, 4.69) is 39.5 Å². The van der Waals surface area contributed by atoms with E-state index in [0.29, 0.717) is 42.2 Å². The molecule has 0 atom stereocenters. The minimum absolute atomic E-state index is 0.0332. The van der Waals surface area contributed by atoms with E-state index < -0.39 is 5.97 Å². The molecule has 7 heteroatoms. The van der Waals surface area contributed by atoms with Crippen LogP contribution in [0.25, 0.3) is 0 Å². The number of fused-ring (bicyclic) bond motifs is 1. The highest BCUT2D eigenvalue weighted by Gasteiger charge is 2.41. The van der Waals surface area contributed by atoms with Gasteiger partial charge in [-0.25, -0.2) is 9.80 Å². The molecule has 1 aromatic heterocycles. The molecule has 0 aromatic carbocycles. The quantitative estimate of drug-likeness (QED) is 0.595. The molecule has 0 unspecified atom stereocenters. The predicted octanol–water partition coefficient (Wildman–Crippen LogP) is 5.03. The van der Waals surface area contributed by atoms with Crippen molar-refractivity contribution in [1.29, 1.82) is 0 Å². The number of ether oxygens (including phenoxy) is 1. The largest absolute Gasteiger partial charge is 0.381 e. The minimum atomic E-state index is -0.401. The number of carbonyl (C=O) groups is 2. The van der Waals surface area contributed by atoms with Gasteiger partial charge in [-0.15, -0.1) is 11.3 Å². The molecular formula is C25H34N2O4S.